The van der Waals surface area contributed by atoms with Crippen LogP contribution in [0.4, 0.5) is 4.39 Å². The first-order valence-electron chi connectivity index (χ1n) is 4.70. The van der Waals surface area contributed by atoms with Gasteiger partial charge in [-0.25, -0.2) is 4.39 Å². The quantitative estimate of drug-likeness (QED) is 0.688. The SMILES string of the molecule is CN(Cc1cccc(F)c1)C1CC1. The summed E-state index contributed by atoms with van der Waals surface area (Å²) in [4.78, 5) is 2.29. The molecule has 2 rings (SSSR count). The molecule has 2 heteroatoms. The zero-order chi connectivity index (χ0) is 9.26. The van der Waals surface area contributed by atoms with Crippen molar-refractivity contribution in [2.45, 2.75) is 25.4 Å². The number of hydrogen-bond acceptors (Lipinski definition) is 1. The average molecular weight is 179 g/mol. The third-order valence-electron chi connectivity index (χ3n) is 2.49. The van der Waals surface area contributed by atoms with E-state index in [9.17, 15) is 4.39 Å². The Kier molecular flexibility index (Phi) is 2.32. The van der Waals surface area contributed by atoms with Crippen molar-refractivity contribution in [3.63, 3.8) is 0 Å². The van der Waals surface area contributed by atoms with E-state index in [1.54, 1.807) is 12.1 Å². The van der Waals surface area contributed by atoms with Gasteiger partial charge >= 0.3 is 0 Å². The average Bonchev–Trinajstić information content (AvgIpc) is 2.85. The molecule has 1 aromatic carbocycles. The molecule has 0 spiro atoms. The molecule has 1 aromatic rings. The third-order valence-corrected chi connectivity index (χ3v) is 2.49. The van der Waals surface area contributed by atoms with Gasteiger partial charge in [-0.3, -0.25) is 4.90 Å². The monoisotopic (exact) mass is 179 g/mol. The predicted molar refractivity (Wildman–Crippen MR) is 50.9 cm³/mol. The Morgan fingerprint density at radius 1 is 1.46 bits per heavy atom. The fourth-order valence-electron chi connectivity index (χ4n) is 1.57. The van der Waals surface area contributed by atoms with E-state index in [1.807, 2.05) is 6.07 Å². The summed E-state index contributed by atoms with van der Waals surface area (Å²) in [6, 6.07) is 7.58. The smallest absolute Gasteiger partial charge is 0.123 e. The normalized spacial score (nSPS) is 16.5. The highest BCUT2D eigenvalue weighted by Crippen LogP contribution is 2.26. The van der Waals surface area contributed by atoms with Gasteiger partial charge in [0.1, 0.15) is 5.82 Å². The Labute approximate surface area is 78.2 Å². The minimum atomic E-state index is -0.137. The molecule has 0 atom stereocenters. The maximum Gasteiger partial charge on any atom is 0.123 e. The van der Waals surface area contributed by atoms with E-state index in [-0.39, 0.29) is 5.82 Å². The molecule has 0 aromatic heterocycles. The second-order valence-electron chi connectivity index (χ2n) is 3.78. The lowest BCUT2D eigenvalue weighted by Gasteiger charge is -2.15. The van der Waals surface area contributed by atoms with Crippen molar-refractivity contribution in [2.75, 3.05) is 7.05 Å². The van der Waals surface area contributed by atoms with Gasteiger partial charge in [-0.15, -0.1) is 0 Å². The van der Waals surface area contributed by atoms with E-state index in [2.05, 4.69) is 11.9 Å². The van der Waals surface area contributed by atoms with Gasteiger partial charge < -0.3 is 0 Å². The highest BCUT2D eigenvalue weighted by molar-refractivity contribution is 5.16. The van der Waals surface area contributed by atoms with E-state index in [0.717, 1.165) is 18.2 Å². The molecule has 0 amide bonds. The summed E-state index contributed by atoms with van der Waals surface area (Å²) in [7, 11) is 2.10. The van der Waals surface area contributed by atoms with E-state index in [4.69, 9.17) is 0 Å². The van der Waals surface area contributed by atoms with Crippen LogP contribution in [0.5, 0.6) is 0 Å². The van der Waals surface area contributed by atoms with Crippen LogP contribution in [0.3, 0.4) is 0 Å². The van der Waals surface area contributed by atoms with Gasteiger partial charge in [-0.1, -0.05) is 12.1 Å². The van der Waals surface area contributed by atoms with Crippen molar-refractivity contribution >= 4 is 0 Å². The molecular weight excluding hydrogens is 165 g/mol. The molecule has 0 N–H and O–H groups in total. The van der Waals surface area contributed by atoms with Crippen molar-refractivity contribution in [3.05, 3.63) is 35.6 Å². The molecule has 0 unspecified atom stereocenters. The Bertz CT molecular complexity index is 294. The van der Waals surface area contributed by atoms with Gasteiger partial charge in [-0.05, 0) is 37.6 Å². The first kappa shape index (κ1) is 8.70. The molecule has 0 aliphatic heterocycles. The molecule has 0 radical (unpaired) electrons. The van der Waals surface area contributed by atoms with Gasteiger partial charge in [0, 0.05) is 12.6 Å². The standard InChI is InChI=1S/C11H14FN/c1-13(11-5-6-11)8-9-3-2-4-10(12)7-9/h2-4,7,11H,5-6,8H2,1H3. The first-order valence-corrected chi connectivity index (χ1v) is 4.70. The minimum Gasteiger partial charge on any atom is -0.299 e. The third kappa shape index (κ3) is 2.28. The summed E-state index contributed by atoms with van der Waals surface area (Å²) < 4.78 is 12.8. The lowest BCUT2D eigenvalue weighted by molar-refractivity contribution is 0.316. The van der Waals surface area contributed by atoms with Crippen molar-refractivity contribution in [1.29, 1.82) is 0 Å². The van der Waals surface area contributed by atoms with Crippen LogP contribution in [0.15, 0.2) is 24.3 Å². The van der Waals surface area contributed by atoms with Crippen LogP contribution >= 0.6 is 0 Å². The molecule has 1 fully saturated rings. The zero-order valence-electron chi connectivity index (χ0n) is 7.83. The van der Waals surface area contributed by atoms with Crippen LogP contribution in [-0.4, -0.2) is 18.0 Å². The summed E-state index contributed by atoms with van der Waals surface area (Å²) >= 11 is 0. The molecule has 0 bridgehead atoms. The van der Waals surface area contributed by atoms with Crippen LogP contribution in [-0.2, 0) is 6.54 Å². The maximum absolute atomic E-state index is 12.8. The van der Waals surface area contributed by atoms with Gasteiger partial charge in [0.15, 0.2) is 0 Å². The minimum absolute atomic E-state index is 0.137. The van der Waals surface area contributed by atoms with Crippen molar-refractivity contribution in [3.8, 4) is 0 Å². The lowest BCUT2D eigenvalue weighted by atomic mass is 10.2. The molecule has 0 heterocycles. The van der Waals surface area contributed by atoms with Crippen LogP contribution in [0.2, 0.25) is 0 Å². The van der Waals surface area contributed by atoms with Crippen LogP contribution in [0.25, 0.3) is 0 Å². The van der Waals surface area contributed by atoms with E-state index in [0.29, 0.717) is 0 Å². The highest BCUT2D eigenvalue weighted by atomic mass is 19.1. The fourth-order valence-corrected chi connectivity index (χ4v) is 1.57. The number of rotatable bonds is 3. The van der Waals surface area contributed by atoms with Gasteiger partial charge in [0.25, 0.3) is 0 Å². The van der Waals surface area contributed by atoms with E-state index >= 15 is 0 Å². The predicted octanol–water partition coefficient (Wildman–Crippen LogP) is 2.42. The summed E-state index contributed by atoms with van der Waals surface area (Å²) in [5.41, 5.74) is 1.06. The number of nitrogens with zero attached hydrogens (tertiary/aromatic N) is 1. The maximum atomic E-state index is 12.8. The van der Waals surface area contributed by atoms with Crippen molar-refractivity contribution < 1.29 is 4.39 Å². The van der Waals surface area contributed by atoms with Gasteiger partial charge in [0.05, 0.1) is 0 Å². The second-order valence-corrected chi connectivity index (χ2v) is 3.78. The summed E-state index contributed by atoms with van der Waals surface area (Å²) in [6.45, 7) is 0.864. The number of hydrogen-bond donors (Lipinski definition) is 0. The van der Waals surface area contributed by atoms with E-state index < -0.39 is 0 Å². The zero-order valence-corrected chi connectivity index (χ0v) is 7.83. The van der Waals surface area contributed by atoms with Crippen molar-refractivity contribution in [2.24, 2.45) is 0 Å². The number of benzene rings is 1. The lowest BCUT2D eigenvalue weighted by Crippen LogP contribution is -2.19. The fraction of sp³-hybridized carbons (Fsp3) is 0.455. The molecule has 1 aliphatic rings. The molecule has 1 saturated carbocycles. The Morgan fingerprint density at radius 2 is 2.23 bits per heavy atom. The Hall–Kier alpha value is -0.890. The summed E-state index contributed by atoms with van der Waals surface area (Å²) in [5.74, 6) is -0.137. The summed E-state index contributed by atoms with van der Waals surface area (Å²) in [5, 5.41) is 0. The first-order chi connectivity index (χ1) is 6.25. The number of halogens is 1. The Morgan fingerprint density at radius 3 is 2.85 bits per heavy atom. The Balaban J connectivity index is 2.00. The molecule has 0 saturated heterocycles. The van der Waals surface area contributed by atoms with E-state index in [1.165, 1.54) is 18.9 Å². The second kappa shape index (κ2) is 3.46. The molecular formula is C11H14FN. The van der Waals surface area contributed by atoms with Crippen LogP contribution in [0.1, 0.15) is 18.4 Å². The molecule has 13 heavy (non-hydrogen) atoms. The largest absolute Gasteiger partial charge is 0.299 e. The molecule has 1 nitrogen and oxygen atoms in total. The molecule has 1 aliphatic carbocycles. The van der Waals surface area contributed by atoms with Crippen LogP contribution < -0.4 is 0 Å². The van der Waals surface area contributed by atoms with Crippen molar-refractivity contribution in [1.82, 2.24) is 4.90 Å². The highest BCUT2D eigenvalue weighted by Gasteiger charge is 2.25. The topological polar surface area (TPSA) is 3.24 Å². The van der Waals surface area contributed by atoms with Gasteiger partial charge in [-0.2, -0.15) is 0 Å². The van der Waals surface area contributed by atoms with Gasteiger partial charge in [0.2, 0.25) is 0 Å². The molecule has 70 valence electrons. The van der Waals surface area contributed by atoms with Crippen LogP contribution in [0, 0.1) is 5.82 Å². The summed E-state index contributed by atoms with van der Waals surface area (Å²) in [6.07, 6.45) is 2.59.